The number of fused-ring (bicyclic) bond motifs is 6. The van der Waals surface area contributed by atoms with Gasteiger partial charge in [-0.3, -0.25) is 14.7 Å². The minimum atomic E-state index is 0.785. The first kappa shape index (κ1) is 22.8. The Morgan fingerprint density at radius 3 is 1.00 bits per heavy atom. The lowest BCUT2D eigenvalue weighted by Crippen LogP contribution is -2.19. The van der Waals surface area contributed by atoms with E-state index in [1.807, 2.05) is 42.5 Å². The molecule has 1 aliphatic heterocycles. The molecule has 0 unspecified atom stereocenters. The zero-order valence-corrected chi connectivity index (χ0v) is 21.2. The van der Waals surface area contributed by atoms with Gasteiger partial charge in [0.05, 0.1) is 0 Å². The van der Waals surface area contributed by atoms with Crippen molar-refractivity contribution in [1.29, 1.82) is 0 Å². The first-order chi connectivity index (χ1) is 19.3. The third kappa shape index (κ3) is 4.26. The van der Waals surface area contributed by atoms with E-state index >= 15 is 0 Å². The molecule has 0 amide bonds. The van der Waals surface area contributed by atoms with E-state index in [0.717, 1.165) is 51.7 Å². The maximum Gasteiger partial charge on any atom is 0.141 e. The van der Waals surface area contributed by atoms with Gasteiger partial charge in [-0.2, -0.15) is 0 Å². The highest BCUT2D eigenvalue weighted by molar-refractivity contribution is 5.83. The molecule has 4 aromatic carbocycles. The summed E-state index contributed by atoms with van der Waals surface area (Å²) in [5, 5.41) is 0. The predicted molar refractivity (Wildman–Crippen MR) is 160 cm³/mol. The predicted octanol–water partition coefficient (Wildman–Crippen LogP) is 9.20. The molecule has 0 saturated heterocycles. The second kappa shape index (κ2) is 9.80. The lowest BCUT2D eigenvalue weighted by atomic mass is 10.1. The summed E-state index contributed by atoms with van der Waals surface area (Å²) < 4.78 is 0. The number of para-hydroxylation sites is 3. The van der Waals surface area contributed by atoms with Crippen molar-refractivity contribution in [1.82, 2.24) is 9.97 Å². The van der Waals surface area contributed by atoms with E-state index in [-0.39, 0.29) is 0 Å². The Morgan fingerprint density at radius 1 is 0.282 bits per heavy atom. The Balaban J connectivity index is 1.55. The highest BCUT2D eigenvalue weighted by Crippen LogP contribution is 2.42. The van der Waals surface area contributed by atoms with Crippen LogP contribution in [0.15, 0.2) is 152 Å². The molecule has 2 aromatic heterocycles. The number of aromatic nitrogens is 2. The number of benzene rings is 4. The lowest BCUT2D eigenvalue weighted by molar-refractivity contribution is 1.08. The van der Waals surface area contributed by atoms with Crippen LogP contribution in [0.2, 0.25) is 0 Å². The summed E-state index contributed by atoms with van der Waals surface area (Å²) in [4.78, 5) is 16.9. The SMILES string of the molecule is c1ccc(N2c3cccc(c3)N(c3ccccc3)c3cccc(n3)N(c3ccccc3)c3cccc2n3)cc1. The van der Waals surface area contributed by atoms with Gasteiger partial charge in [-0.05, 0) is 78.9 Å². The fraction of sp³-hybridized carbons (Fsp3) is 0. The van der Waals surface area contributed by atoms with Crippen LogP contribution in [-0.4, -0.2) is 9.97 Å². The highest BCUT2D eigenvalue weighted by Gasteiger charge is 2.23. The Kier molecular flexibility index (Phi) is 5.72. The van der Waals surface area contributed by atoms with Gasteiger partial charge in [-0.1, -0.05) is 72.8 Å². The zero-order valence-electron chi connectivity index (χ0n) is 21.2. The number of hydrogen-bond acceptors (Lipinski definition) is 5. The van der Waals surface area contributed by atoms with Crippen LogP contribution in [0.3, 0.4) is 0 Å². The van der Waals surface area contributed by atoms with Gasteiger partial charge in [0.1, 0.15) is 23.3 Å². The fourth-order valence-corrected chi connectivity index (χ4v) is 5.03. The van der Waals surface area contributed by atoms with Crippen LogP contribution in [0, 0.1) is 0 Å². The van der Waals surface area contributed by atoms with Crippen molar-refractivity contribution in [2.75, 3.05) is 14.7 Å². The van der Waals surface area contributed by atoms with Crippen LogP contribution < -0.4 is 14.7 Å². The maximum absolute atomic E-state index is 5.20. The van der Waals surface area contributed by atoms with E-state index in [9.17, 15) is 0 Å². The molecular formula is C34H25N5. The second-order valence-corrected chi connectivity index (χ2v) is 9.24. The van der Waals surface area contributed by atoms with Crippen LogP contribution in [0.5, 0.6) is 0 Å². The summed E-state index contributed by atoms with van der Waals surface area (Å²) in [5.41, 5.74) is 5.07. The van der Waals surface area contributed by atoms with Crippen LogP contribution in [0.1, 0.15) is 0 Å². The van der Waals surface area contributed by atoms with Crippen molar-refractivity contribution in [3.63, 3.8) is 0 Å². The van der Waals surface area contributed by atoms with Crippen LogP contribution >= 0.6 is 0 Å². The van der Waals surface area contributed by atoms with E-state index in [1.54, 1.807) is 0 Å². The number of anilines is 9. The molecule has 5 nitrogen and oxygen atoms in total. The fourth-order valence-electron chi connectivity index (χ4n) is 5.03. The summed E-state index contributed by atoms with van der Waals surface area (Å²) in [6.45, 7) is 0. The van der Waals surface area contributed by atoms with Crippen molar-refractivity contribution < 1.29 is 0 Å². The van der Waals surface area contributed by atoms with Crippen LogP contribution in [0.25, 0.3) is 0 Å². The Bertz CT molecular complexity index is 1460. The third-order valence-corrected chi connectivity index (χ3v) is 6.75. The smallest absolute Gasteiger partial charge is 0.141 e. The normalized spacial score (nSPS) is 12.5. The molecule has 3 heterocycles. The first-order valence-electron chi connectivity index (χ1n) is 12.9. The Hall–Kier alpha value is -5.42. The standard InChI is InChI=1S/C34H25N5/c1-4-13-26(14-5-1)37-29-19-10-20-30(25-29)38(27-15-6-2-7-16-27)32-22-12-24-34(36-32)39(28-17-8-3-9-18-28)33-23-11-21-31(37)35-33/h1-25H. The van der Waals surface area contributed by atoms with Gasteiger partial charge in [0, 0.05) is 28.4 Å². The van der Waals surface area contributed by atoms with Gasteiger partial charge >= 0.3 is 0 Å². The molecule has 0 fully saturated rings. The van der Waals surface area contributed by atoms with E-state index in [1.165, 1.54) is 0 Å². The lowest BCUT2D eigenvalue weighted by Gasteiger charge is -2.31. The average molecular weight is 504 g/mol. The third-order valence-electron chi connectivity index (χ3n) is 6.75. The van der Waals surface area contributed by atoms with E-state index in [2.05, 4.69) is 124 Å². The zero-order chi connectivity index (χ0) is 26.0. The maximum atomic E-state index is 5.20. The molecule has 7 rings (SSSR count). The summed E-state index contributed by atoms with van der Waals surface area (Å²) in [5.74, 6) is 3.21. The van der Waals surface area contributed by atoms with Gasteiger partial charge < -0.3 is 0 Å². The summed E-state index contributed by atoms with van der Waals surface area (Å²) >= 11 is 0. The number of pyridine rings is 2. The van der Waals surface area contributed by atoms with Crippen molar-refractivity contribution in [3.05, 3.63) is 152 Å². The molecule has 5 heteroatoms. The molecule has 0 spiro atoms. The van der Waals surface area contributed by atoms with E-state index in [4.69, 9.17) is 9.97 Å². The van der Waals surface area contributed by atoms with Crippen molar-refractivity contribution >= 4 is 51.7 Å². The largest absolute Gasteiger partial charge is 0.295 e. The molecule has 39 heavy (non-hydrogen) atoms. The van der Waals surface area contributed by atoms with E-state index < -0.39 is 0 Å². The summed E-state index contributed by atoms with van der Waals surface area (Å²) in [6.07, 6.45) is 0. The highest BCUT2D eigenvalue weighted by atomic mass is 15.3. The minimum absolute atomic E-state index is 0.785. The van der Waals surface area contributed by atoms with Gasteiger partial charge in [0.2, 0.25) is 0 Å². The molecule has 0 aliphatic carbocycles. The topological polar surface area (TPSA) is 35.5 Å². The Labute approximate surface area is 227 Å². The van der Waals surface area contributed by atoms with Crippen molar-refractivity contribution in [2.45, 2.75) is 0 Å². The molecule has 186 valence electrons. The Morgan fingerprint density at radius 2 is 0.590 bits per heavy atom. The minimum Gasteiger partial charge on any atom is -0.295 e. The molecule has 0 saturated carbocycles. The summed E-state index contributed by atoms with van der Waals surface area (Å²) in [7, 11) is 0. The average Bonchev–Trinajstić information content (AvgIpc) is 3.00. The van der Waals surface area contributed by atoms with Crippen LogP contribution in [-0.2, 0) is 0 Å². The molecule has 0 atom stereocenters. The summed E-state index contributed by atoms with van der Waals surface area (Å²) in [6, 6.07) is 51.8. The molecular weight excluding hydrogens is 478 g/mol. The molecule has 0 radical (unpaired) electrons. The molecule has 0 N–H and O–H groups in total. The van der Waals surface area contributed by atoms with Gasteiger partial charge in [-0.15, -0.1) is 0 Å². The molecule has 6 aromatic rings. The number of hydrogen-bond donors (Lipinski definition) is 0. The van der Waals surface area contributed by atoms with Crippen molar-refractivity contribution in [2.24, 2.45) is 0 Å². The van der Waals surface area contributed by atoms with Crippen LogP contribution in [0.4, 0.5) is 51.7 Å². The number of rotatable bonds is 3. The number of nitrogens with zero attached hydrogens (tertiary/aromatic N) is 5. The van der Waals surface area contributed by atoms with Gasteiger partial charge in [0.25, 0.3) is 0 Å². The van der Waals surface area contributed by atoms with Crippen molar-refractivity contribution in [3.8, 4) is 0 Å². The van der Waals surface area contributed by atoms with Gasteiger partial charge in [0.15, 0.2) is 0 Å². The van der Waals surface area contributed by atoms with E-state index in [0.29, 0.717) is 0 Å². The molecule has 6 bridgehead atoms. The second-order valence-electron chi connectivity index (χ2n) is 9.24. The molecule has 1 aliphatic rings. The van der Waals surface area contributed by atoms with Gasteiger partial charge in [-0.25, -0.2) is 9.97 Å². The first-order valence-corrected chi connectivity index (χ1v) is 12.9. The monoisotopic (exact) mass is 503 g/mol. The quantitative estimate of drug-likeness (QED) is 0.240.